The van der Waals surface area contributed by atoms with E-state index in [2.05, 4.69) is 28.5 Å². The van der Waals surface area contributed by atoms with Crippen LogP contribution in [0, 0.1) is 20.8 Å². The summed E-state index contributed by atoms with van der Waals surface area (Å²) in [4.78, 5) is 28.1. The minimum absolute atomic E-state index is 0.403. The molecule has 0 radical (unpaired) electrons. The van der Waals surface area contributed by atoms with E-state index < -0.39 is 11.9 Å². The number of hydrogen-bond donors (Lipinski definition) is 0. The first kappa shape index (κ1) is 36.0. The molecule has 0 amide bonds. The number of pyridine rings is 1. The lowest BCUT2D eigenvalue weighted by molar-refractivity contribution is -0.697. The van der Waals surface area contributed by atoms with Crippen molar-refractivity contribution in [2.45, 2.75) is 72.8 Å². The molecule has 254 valence electrons. The van der Waals surface area contributed by atoms with Gasteiger partial charge in [-0.1, -0.05) is 39.0 Å². The van der Waals surface area contributed by atoms with Gasteiger partial charge in [-0.25, -0.2) is 14.2 Å². The minimum atomic E-state index is -0.483. The van der Waals surface area contributed by atoms with Gasteiger partial charge < -0.3 is 23.8 Å². The zero-order valence-electron chi connectivity index (χ0n) is 29.2. The van der Waals surface area contributed by atoms with E-state index >= 15 is 0 Å². The molecule has 0 saturated heterocycles. The molecule has 8 nitrogen and oxygen atoms in total. The second-order valence-corrected chi connectivity index (χ2v) is 12.3. The predicted molar refractivity (Wildman–Crippen MR) is 189 cm³/mol. The molecule has 0 fully saturated rings. The van der Waals surface area contributed by atoms with Crippen molar-refractivity contribution in [2.24, 2.45) is 0 Å². The van der Waals surface area contributed by atoms with E-state index in [4.69, 9.17) is 18.9 Å². The lowest BCUT2D eigenvalue weighted by atomic mass is 10.0. The van der Waals surface area contributed by atoms with Gasteiger partial charge >= 0.3 is 11.9 Å². The van der Waals surface area contributed by atoms with Gasteiger partial charge in [0.25, 0.3) is 0 Å². The molecule has 1 heterocycles. The lowest BCUT2D eigenvalue weighted by Crippen LogP contribution is -2.35. The zero-order chi connectivity index (χ0) is 34.5. The van der Waals surface area contributed by atoms with Crippen LogP contribution in [0.1, 0.15) is 82.9 Å². The van der Waals surface area contributed by atoms with E-state index in [1.54, 1.807) is 54.6 Å². The molecule has 3 aromatic carbocycles. The van der Waals surface area contributed by atoms with Gasteiger partial charge in [0.2, 0.25) is 0 Å². The quantitative estimate of drug-likeness (QED) is 0.0492. The topological polar surface area (TPSA) is 78.2 Å². The van der Waals surface area contributed by atoms with E-state index in [9.17, 15) is 9.59 Å². The number of aryl methyl sites for hydroxylation is 1. The molecule has 1 aromatic heterocycles. The second kappa shape index (κ2) is 17.9. The van der Waals surface area contributed by atoms with Gasteiger partial charge in [0.15, 0.2) is 18.9 Å². The van der Waals surface area contributed by atoms with Crippen molar-refractivity contribution in [2.75, 3.05) is 32.2 Å². The Labute approximate surface area is 285 Å². The highest BCUT2D eigenvalue weighted by atomic mass is 16.5. The van der Waals surface area contributed by atoms with Crippen molar-refractivity contribution in [3.63, 3.8) is 0 Å². The lowest BCUT2D eigenvalue weighted by Gasteiger charge is -2.16. The number of nitrogens with zero attached hydrogens (tertiary/aromatic N) is 2. The van der Waals surface area contributed by atoms with Crippen molar-refractivity contribution < 1.29 is 33.1 Å². The molecule has 0 bridgehead atoms. The third kappa shape index (κ3) is 10.3. The Morgan fingerprint density at radius 1 is 0.667 bits per heavy atom. The standard InChI is InChI=1S/C40H49N2O6/c1-7-8-9-10-11-12-26-45-35-17-15-33(16-18-35)40(44)48-38-29(2)28-37(30(3)31(38)4)47-39(43)32-13-19-36(20-14-32)46-27-25-42-23-21-34(22-24-42)41(5)6/h13-24,28H,7-12,25-27H2,1-6H3/q+1. The molecule has 0 N–H and O–H groups in total. The first-order valence-electron chi connectivity index (χ1n) is 16.8. The van der Waals surface area contributed by atoms with Gasteiger partial charge in [-0.15, -0.1) is 0 Å². The first-order valence-corrected chi connectivity index (χ1v) is 16.8. The molecule has 8 heteroatoms. The number of ether oxygens (including phenoxy) is 4. The van der Waals surface area contributed by atoms with Crippen LogP contribution in [0.2, 0.25) is 0 Å². The largest absolute Gasteiger partial charge is 0.494 e. The van der Waals surface area contributed by atoms with Crippen LogP contribution in [0.3, 0.4) is 0 Å². The van der Waals surface area contributed by atoms with Crippen LogP contribution in [0.15, 0.2) is 79.1 Å². The van der Waals surface area contributed by atoms with Crippen LogP contribution in [-0.4, -0.2) is 39.2 Å². The summed E-state index contributed by atoms with van der Waals surface area (Å²) < 4.78 is 25.4. The zero-order valence-corrected chi connectivity index (χ0v) is 29.2. The normalized spacial score (nSPS) is 10.8. The number of anilines is 1. The molecule has 0 saturated carbocycles. The Hall–Kier alpha value is -4.85. The molecule has 0 spiro atoms. The summed E-state index contributed by atoms with van der Waals surface area (Å²) in [5, 5.41) is 0. The summed E-state index contributed by atoms with van der Waals surface area (Å²) in [5.41, 5.74) is 4.09. The molecule has 4 rings (SSSR count). The molecule has 0 aliphatic rings. The molecule has 0 aliphatic carbocycles. The molecule has 0 aliphatic heterocycles. The van der Waals surface area contributed by atoms with Crippen LogP contribution in [0.4, 0.5) is 5.69 Å². The van der Waals surface area contributed by atoms with Crippen LogP contribution < -0.4 is 28.4 Å². The maximum absolute atomic E-state index is 13.0. The minimum Gasteiger partial charge on any atom is -0.494 e. The number of carbonyl (C=O) groups is 2. The van der Waals surface area contributed by atoms with E-state index in [-0.39, 0.29) is 0 Å². The summed E-state index contributed by atoms with van der Waals surface area (Å²) in [5.74, 6) is 1.33. The third-order valence-electron chi connectivity index (χ3n) is 8.33. The van der Waals surface area contributed by atoms with Crippen LogP contribution >= 0.6 is 0 Å². The second-order valence-electron chi connectivity index (χ2n) is 12.3. The molecular formula is C40H49N2O6+. The fraction of sp³-hybridized carbons (Fsp3) is 0.375. The van der Waals surface area contributed by atoms with Gasteiger partial charge in [-0.3, -0.25) is 0 Å². The Kier molecular flexibility index (Phi) is 13.4. The molecule has 0 atom stereocenters. The van der Waals surface area contributed by atoms with E-state index in [0.717, 1.165) is 29.8 Å². The van der Waals surface area contributed by atoms with Crippen LogP contribution in [-0.2, 0) is 6.54 Å². The Morgan fingerprint density at radius 2 is 1.21 bits per heavy atom. The fourth-order valence-corrected chi connectivity index (χ4v) is 5.21. The number of carbonyl (C=O) groups excluding carboxylic acids is 2. The molecule has 48 heavy (non-hydrogen) atoms. The average Bonchev–Trinajstić information content (AvgIpc) is 3.09. The maximum atomic E-state index is 13.0. The number of unbranched alkanes of at least 4 members (excludes halogenated alkanes) is 5. The number of esters is 2. The van der Waals surface area contributed by atoms with Gasteiger partial charge in [0.05, 0.1) is 17.7 Å². The van der Waals surface area contributed by atoms with Gasteiger partial charge in [-0.2, -0.15) is 0 Å². The van der Waals surface area contributed by atoms with Crippen LogP contribution in [0.5, 0.6) is 23.0 Å². The SMILES string of the molecule is CCCCCCCCOc1ccc(C(=O)Oc2c(C)cc(OC(=O)c3ccc(OCC[n+]4ccc(N(C)C)cc4)cc3)c(C)c2C)cc1. The fourth-order valence-electron chi connectivity index (χ4n) is 5.21. The number of aromatic nitrogens is 1. The Morgan fingerprint density at radius 3 is 1.79 bits per heavy atom. The highest BCUT2D eigenvalue weighted by Crippen LogP contribution is 2.34. The number of hydrogen-bond acceptors (Lipinski definition) is 7. The smallest absolute Gasteiger partial charge is 0.343 e. The van der Waals surface area contributed by atoms with Crippen molar-refractivity contribution in [1.29, 1.82) is 0 Å². The Balaban J connectivity index is 1.28. The van der Waals surface area contributed by atoms with Crippen molar-refractivity contribution in [1.82, 2.24) is 0 Å². The summed E-state index contributed by atoms with van der Waals surface area (Å²) >= 11 is 0. The molecule has 0 unspecified atom stereocenters. The predicted octanol–water partition coefficient (Wildman–Crippen LogP) is 8.22. The Bertz CT molecular complexity index is 1630. The molecular weight excluding hydrogens is 604 g/mol. The summed E-state index contributed by atoms with van der Waals surface area (Å²) in [6.45, 7) is 9.58. The summed E-state index contributed by atoms with van der Waals surface area (Å²) in [7, 11) is 4.02. The van der Waals surface area contributed by atoms with Crippen LogP contribution in [0.25, 0.3) is 0 Å². The maximum Gasteiger partial charge on any atom is 0.343 e. The van der Waals surface area contributed by atoms with Crippen molar-refractivity contribution in [3.05, 3.63) is 107 Å². The molecule has 4 aromatic rings. The van der Waals surface area contributed by atoms with Crippen molar-refractivity contribution in [3.8, 4) is 23.0 Å². The van der Waals surface area contributed by atoms with E-state index in [1.807, 2.05) is 47.3 Å². The van der Waals surface area contributed by atoms with Crippen molar-refractivity contribution >= 4 is 17.6 Å². The van der Waals surface area contributed by atoms with Gasteiger partial charge in [0.1, 0.15) is 29.6 Å². The monoisotopic (exact) mass is 653 g/mol. The average molecular weight is 654 g/mol. The first-order chi connectivity index (χ1) is 23.2. The number of rotatable bonds is 17. The summed E-state index contributed by atoms with van der Waals surface area (Å²) in [6, 6.07) is 19.7. The third-order valence-corrected chi connectivity index (χ3v) is 8.33. The summed E-state index contributed by atoms with van der Waals surface area (Å²) in [6.07, 6.45) is 11.3. The van der Waals surface area contributed by atoms with E-state index in [1.165, 1.54) is 25.7 Å². The van der Waals surface area contributed by atoms with Gasteiger partial charge in [0, 0.05) is 31.9 Å². The van der Waals surface area contributed by atoms with E-state index in [0.29, 0.717) is 59.3 Å². The number of benzene rings is 3. The highest BCUT2D eigenvalue weighted by molar-refractivity contribution is 5.92. The van der Waals surface area contributed by atoms with Gasteiger partial charge in [-0.05, 0) is 98.5 Å². The highest BCUT2D eigenvalue weighted by Gasteiger charge is 2.19.